The number of nitrogens with zero attached hydrogens (tertiary/aromatic N) is 1. The van der Waals surface area contributed by atoms with Gasteiger partial charge in [-0.15, -0.1) is 0 Å². The van der Waals surface area contributed by atoms with E-state index in [1.165, 1.54) is 7.11 Å². The van der Waals surface area contributed by atoms with Gasteiger partial charge in [-0.1, -0.05) is 12.1 Å². The second-order valence-corrected chi connectivity index (χ2v) is 3.28. The van der Waals surface area contributed by atoms with Crippen molar-refractivity contribution < 1.29 is 14.3 Å². The Morgan fingerprint density at radius 2 is 2.06 bits per heavy atom. The minimum Gasteiger partial charge on any atom is -0.469 e. The molecular weight excluding hydrogens is 220 g/mol. The first-order valence-corrected chi connectivity index (χ1v) is 5.03. The Kier molecular flexibility index (Phi) is 4.70. The molecule has 0 atom stereocenters. The van der Waals surface area contributed by atoms with E-state index >= 15 is 0 Å². The number of anilines is 1. The van der Waals surface area contributed by atoms with Crippen LogP contribution in [0.5, 0.6) is 0 Å². The van der Waals surface area contributed by atoms with Crippen molar-refractivity contribution in [3.8, 4) is 6.07 Å². The highest BCUT2D eigenvalue weighted by atomic mass is 16.5. The number of ether oxygens (including phenoxy) is 1. The molecular formula is C12H12N2O3. The predicted molar refractivity (Wildman–Crippen MR) is 61.0 cm³/mol. The predicted octanol–water partition coefficient (Wildman–Crippen LogP) is 1.45. The first-order valence-electron chi connectivity index (χ1n) is 5.03. The third-order valence-electron chi connectivity index (χ3n) is 2.11. The maximum absolute atomic E-state index is 11.5. The maximum Gasteiger partial charge on any atom is 0.306 e. The van der Waals surface area contributed by atoms with Crippen molar-refractivity contribution in [1.82, 2.24) is 0 Å². The third-order valence-corrected chi connectivity index (χ3v) is 2.11. The summed E-state index contributed by atoms with van der Waals surface area (Å²) in [6.07, 6.45) is 0.0590. The van der Waals surface area contributed by atoms with E-state index in [0.29, 0.717) is 11.3 Å². The zero-order valence-corrected chi connectivity index (χ0v) is 9.40. The number of amides is 1. The van der Waals surface area contributed by atoms with E-state index < -0.39 is 5.97 Å². The molecule has 0 heterocycles. The van der Waals surface area contributed by atoms with Crippen LogP contribution in [-0.2, 0) is 14.3 Å². The molecule has 0 aliphatic heterocycles. The van der Waals surface area contributed by atoms with Crippen LogP contribution in [0.2, 0.25) is 0 Å². The summed E-state index contributed by atoms with van der Waals surface area (Å²) in [5, 5.41) is 11.4. The lowest BCUT2D eigenvalue weighted by molar-refractivity contribution is -0.141. The van der Waals surface area contributed by atoms with Gasteiger partial charge in [-0.25, -0.2) is 0 Å². The van der Waals surface area contributed by atoms with Gasteiger partial charge in [0.15, 0.2) is 0 Å². The van der Waals surface area contributed by atoms with Crippen LogP contribution in [0, 0.1) is 11.3 Å². The van der Waals surface area contributed by atoms with Crippen molar-refractivity contribution in [1.29, 1.82) is 5.26 Å². The first-order chi connectivity index (χ1) is 8.17. The van der Waals surface area contributed by atoms with Crippen LogP contribution in [0.15, 0.2) is 24.3 Å². The Morgan fingerprint density at radius 1 is 1.35 bits per heavy atom. The number of rotatable bonds is 4. The van der Waals surface area contributed by atoms with E-state index in [1.807, 2.05) is 6.07 Å². The molecule has 1 N–H and O–H groups in total. The lowest BCUT2D eigenvalue weighted by Crippen LogP contribution is -2.14. The number of carbonyl (C=O) groups excluding carboxylic acids is 2. The molecule has 1 rings (SSSR count). The van der Waals surface area contributed by atoms with Crippen LogP contribution in [0.4, 0.5) is 5.69 Å². The van der Waals surface area contributed by atoms with Gasteiger partial charge in [-0.05, 0) is 12.1 Å². The van der Waals surface area contributed by atoms with Crippen LogP contribution < -0.4 is 5.32 Å². The molecule has 0 fully saturated rings. The maximum atomic E-state index is 11.5. The molecule has 0 bridgehead atoms. The van der Waals surface area contributed by atoms with Gasteiger partial charge in [0.25, 0.3) is 0 Å². The number of methoxy groups -OCH3 is 1. The quantitative estimate of drug-likeness (QED) is 0.797. The smallest absolute Gasteiger partial charge is 0.306 e. The highest BCUT2D eigenvalue weighted by molar-refractivity contribution is 5.93. The van der Waals surface area contributed by atoms with E-state index in [2.05, 4.69) is 10.1 Å². The van der Waals surface area contributed by atoms with Gasteiger partial charge >= 0.3 is 5.97 Å². The summed E-state index contributed by atoms with van der Waals surface area (Å²) in [7, 11) is 1.27. The van der Waals surface area contributed by atoms with E-state index in [1.54, 1.807) is 24.3 Å². The first kappa shape index (κ1) is 12.7. The van der Waals surface area contributed by atoms with Crippen molar-refractivity contribution >= 4 is 17.6 Å². The monoisotopic (exact) mass is 232 g/mol. The summed E-state index contributed by atoms with van der Waals surface area (Å²) in [5.41, 5.74) is 0.837. The highest BCUT2D eigenvalue weighted by Gasteiger charge is 2.08. The van der Waals surface area contributed by atoms with Crippen molar-refractivity contribution in [3.05, 3.63) is 29.8 Å². The molecule has 0 unspecified atom stereocenters. The fourth-order valence-electron chi connectivity index (χ4n) is 1.22. The molecule has 0 aliphatic rings. The Labute approximate surface area is 99.0 Å². The van der Waals surface area contributed by atoms with Gasteiger partial charge in [0.2, 0.25) is 5.91 Å². The van der Waals surface area contributed by atoms with Gasteiger partial charge in [-0.3, -0.25) is 9.59 Å². The molecule has 5 heteroatoms. The molecule has 88 valence electrons. The standard InChI is InChI=1S/C12H12N2O3/c1-17-12(16)7-6-11(15)14-10-5-3-2-4-9(10)8-13/h2-5H,6-7H2,1H3,(H,14,15). The van der Waals surface area contributed by atoms with Crippen LogP contribution >= 0.6 is 0 Å². The second kappa shape index (κ2) is 6.28. The largest absolute Gasteiger partial charge is 0.469 e. The molecule has 0 saturated carbocycles. The minimum atomic E-state index is -0.436. The second-order valence-electron chi connectivity index (χ2n) is 3.28. The molecule has 1 amide bonds. The van der Waals surface area contributed by atoms with Crippen molar-refractivity contribution in [2.45, 2.75) is 12.8 Å². The minimum absolute atomic E-state index is 0.0249. The Hall–Kier alpha value is -2.35. The van der Waals surface area contributed by atoms with Crippen LogP contribution in [0.25, 0.3) is 0 Å². The van der Waals surface area contributed by atoms with Gasteiger partial charge in [-0.2, -0.15) is 5.26 Å². The zero-order valence-electron chi connectivity index (χ0n) is 9.40. The summed E-state index contributed by atoms with van der Waals surface area (Å²) in [5.74, 6) is -0.758. The third kappa shape index (κ3) is 3.95. The van der Waals surface area contributed by atoms with E-state index in [0.717, 1.165) is 0 Å². The number of hydrogen-bond donors (Lipinski definition) is 1. The van der Waals surface area contributed by atoms with Crippen LogP contribution in [0.3, 0.4) is 0 Å². The molecule has 0 radical (unpaired) electrons. The summed E-state index contributed by atoms with van der Waals surface area (Å²) in [6, 6.07) is 8.64. The molecule has 1 aromatic rings. The van der Waals surface area contributed by atoms with Gasteiger partial charge < -0.3 is 10.1 Å². The van der Waals surface area contributed by atoms with E-state index in [4.69, 9.17) is 5.26 Å². The molecule has 0 saturated heterocycles. The zero-order chi connectivity index (χ0) is 12.7. The van der Waals surface area contributed by atoms with Gasteiger partial charge in [0.05, 0.1) is 24.8 Å². The normalized spacial score (nSPS) is 9.18. The van der Waals surface area contributed by atoms with Crippen molar-refractivity contribution in [2.75, 3.05) is 12.4 Å². The number of nitriles is 1. The fraction of sp³-hybridized carbons (Fsp3) is 0.250. The number of hydrogen-bond acceptors (Lipinski definition) is 4. The summed E-state index contributed by atoms with van der Waals surface area (Å²) in [6.45, 7) is 0. The number of esters is 1. The summed E-state index contributed by atoms with van der Waals surface area (Å²) in [4.78, 5) is 22.3. The van der Waals surface area contributed by atoms with Gasteiger partial charge in [0.1, 0.15) is 6.07 Å². The number of carbonyl (C=O) groups is 2. The van der Waals surface area contributed by atoms with Gasteiger partial charge in [0, 0.05) is 6.42 Å². The van der Waals surface area contributed by atoms with Crippen LogP contribution in [-0.4, -0.2) is 19.0 Å². The molecule has 0 aliphatic carbocycles. The Balaban J connectivity index is 2.57. The fourth-order valence-corrected chi connectivity index (χ4v) is 1.22. The topological polar surface area (TPSA) is 79.2 Å². The summed E-state index contributed by atoms with van der Waals surface area (Å²) < 4.78 is 4.42. The Morgan fingerprint density at radius 3 is 2.71 bits per heavy atom. The molecule has 1 aromatic carbocycles. The van der Waals surface area contributed by atoms with Crippen molar-refractivity contribution in [3.63, 3.8) is 0 Å². The molecule has 17 heavy (non-hydrogen) atoms. The SMILES string of the molecule is COC(=O)CCC(=O)Nc1ccccc1C#N. The molecule has 0 spiro atoms. The molecule has 5 nitrogen and oxygen atoms in total. The van der Waals surface area contributed by atoms with E-state index in [-0.39, 0.29) is 18.7 Å². The van der Waals surface area contributed by atoms with Crippen LogP contribution in [0.1, 0.15) is 18.4 Å². The molecule has 0 aromatic heterocycles. The van der Waals surface area contributed by atoms with E-state index in [9.17, 15) is 9.59 Å². The van der Waals surface area contributed by atoms with Crippen molar-refractivity contribution in [2.24, 2.45) is 0 Å². The lowest BCUT2D eigenvalue weighted by atomic mass is 10.2. The number of para-hydroxylation sites is 1. The lowest BCUT2D eigenvalue weighted by Gasteiger charge is -2.05. The average molecular weight is 232 g/mol. The highest BCUT2D eigenvalue weighted by Crippen LogP contribution is 2.13. The number of benzene rings is 1. The number of nitrogens with one attached hydrogen (secondary N) is 1. The Bertz CT molecular complexity index is 463. The summed E-state index contributed by atoms with van der Waals surface area (Å²) >= 11 is 0. The average Bonchev–Trinajstić information content (AvgIpc) is 2.36.